The molecular weight excluding hydrogens is 441 g/mol. The fourth-order valence-electron chi connectivity index (χ4n) is 3.06. The largest absolute Gasteiger partial charge is 0.497 e. The monoisotopic (exact) mass is 461 g/mol. The van der Waals surface area contributed by atoms with E-state index in [-0.39, 0.29) is 35.8 Å². The summed E-state index contributed by atoms with van der Waals surface area (Å²) in [6, 6.07) is 15.7. The van der Waals surface area contributed by atoms with Crippen LogP contribution in [0, 0.1) is 5.82 Å². The number of carbonyl (C=O) groups excluding carboxylic acids is 2. The van der Waals surface area contributed by atoms with Gasteiger partial charge in [-0.25, -0.2) is 4.39 Å². The van der Waals surface area contributed by atoms with E-state index in [1.807, 2.05) is 0 Å². The number of hydrogen-bond donors (Lipinski definition) is 2. The van der Waals surface area contributed by atoms with E-state index in [0.717, 1.165) is 11.6 Å². The Morgan fingerprint density at radius 2 is 1.85 bits per heavy atom. The first-order valence-electron chi connectivity index (χ1n) is 10.3. The second-order valence-corrected chi connectivity index (χ2v) is 7.15. The van der Waals surface area contributed by atoms with E-state index >= 15 is 0 Å². The molecule has 2 aromatic heterocycles. The van der Waals surface area contributed by atoms with Gasteiger partial charge >= 0.3 is 0 Å². The number of ether oxygens (including phenoxy) is 1. The standard InChI is InChI=1S/C24H20FN5O4/c1-33-17-8-5-15(6-9-17)23-29-22(34-30-23)12-11-21(31)27-20-14-16(25)7-10-18(20)28-24(32)19-4-2-3-13-26-19/h2-10,13-14H,11-12H2,1H3,(H,27,31)(H,28,32). The topological polar surface area (TPSA) is 119 Å². The summed E-state index contributed by atoms with van der Waals surface area (Å²) in [7, 11) is 1.58. The average molecular weight is 461 g/mol. The van der Waals surface area contributed by atoms with Gasteiger partial charge in [0, 0.05) is 24.6 Å². The van der Waals surface area contributed by atoms with Crippen LogP contribution in [-0.4, -0.2) is 34.0 Å². The number of aromatic nitrogens is 3. The molecule has 0 atom stereocenters. The molecule has 0 bridgehead atoms. The van der Waals surface area contributed by atoms with Gasteiger partial charge in [0.15, 0.2) is 0 Å². The molecule has 172 valence electrons. The van der Waals surface area contributed by atoms with Crippen molar-refractivity contribution < 1.29 is 23.2 Å². The number of benzene rings is 2. The molecule has 9 nitrogen and oxygen atoms in total. The summed E-state index contributed by atoms with van der Waals surface area (Å²) < 4.78 is 24.2. The van der Waals surface area contributed by atoms with Crippen molar-refractivity contribution in [1.82, 2.24) is 15.1 Å². The Morgan fingerprint density at radius 3 is 2.59 bits per heavy atom. The van der Waals surface area contributed by atoms with Crippen molar-refractivity contribution in [2.75, 3.05) is 17.7 Å². The third-order valence-corrected chi connectivity index (χ3v) is 4.78. The van der Waals surface area contributed by atoms with Crippen molar-refractivity contribution in [3.8, 4) is 17.1 Å². The lowest BCUT2D eigenvalue weighted by molar-refractivity contribution is -0.116. The summed E-state index contributed by atoms with van der Waals surface area (Å²) in [5.41, 5.74) is 1.30. The second kappa shape index (κ2) is 10.3. The molecule has 0 radical (unpaired) electrons. The Labute approximate surface area is 194 Å². The smallest absolute Gasteiger partial charge is 0.274 e. The van der Waals surface area contributed by atoms with Gasteiger partial charge in [0.2, 0.25) is 17.6 Å². The molecule has 2 heterocycles. The zero-order chi connectivity index (χ0) is 23.9. The van der Waals surface area contributed by atoms with Crippen molar-refractivity contribution >= 4 is 23.2 Å². The Bertz CT molecular complexity index is 1290. The molecule has 4 rings (SSSR count). The lowest BCUT2D eigenvalue weighted by Crippen LogP contribution is -2.18. The van der Waals surface area contributed by atoms with Crippen molar-refractivity contribution in [2.45, 2.75) is 12.8 Å². The van der Waals surface area contributed by atoms with Gasteiger partial charge in [0.25, 0.3) is 5.91 Å². The summed E-state index contributed by atoms with van der Waals surface area (Å²) in [5, 5.41) is 9.17. The first-order chi connectivity index (χ1) is 16.5. The minimum Gasteiger partial charge on any atom is -0.497 e. The van der Waals surface area contributed by atoms with E-state index in [1.165, 1.54) is 18.3 Å². The molecule has 2 amide bonds. The zero-order valence-corrected chi connectivity index (χ0v) is 18.1. The maximum atomic E-state index is 13.8. The summed E-state index contributed by atoms with van der Waals surface area (Å²) in [4.78, 5) is 33.2. The summed E-state index contributed by atoms with van der Waals surface area (Å²) >= 11 is 0. The van der Waals surface area contributed by atoms with Crippen LogP contribution in [0.3, 0.4) is 0 Å². The maximum Gasteiger partial charge on any atom is 0.274 e. The molecule has 34 heavy (non-hydrogen) atoms. The number of pyridine rings is 1. The number of nitrogens with one attached hydrogen (secondary N) is 2. The van der Waals surface area contributed by atoms with Crippen LogP contribution < -0.4 is 15.4 Å². The number of nitrogens with zero attached hydrogens (tertiary/aromatic N) is 3. The quantitative estimate of drug-likeness (QED) is 0.405. The molecule has 0 saturated heterocycles. The third-order valence-electron chi connectivity index (χ3n) is 4.78. The molecule has 4 aromatic rings. The Kier molecular flexibility index (Phi) is 6.87. The van der Waals surface area contributed by atoms with Gasteiger partial charge in [0.1, 0.15) is 17.3 Å². The minimum atomic E-state index is -0.563. The molecule has 0 aliphatic heterocycles. The highest BCUT2D eigenvalue weighted by Crippen LogP contribution is 2.24. The summed E-state index contributed by atoms with van der Waals surface area (Å²) in [5.74, 6) is -0.0846. The van der Waals surface area contributed by atoms with Gasteiger partial charge in [-0.1, -0.05) is 11.2 Å². The SMILES string of the molecule is COc1ccc(-c2noc(CCC(=O)Nc3cc(F)ccc3NC(=O)c3ccccn3)n2)cc1. The zero-order valence-electron chi connectivity index (χ0n) is 18.1. The lowest BCUT2D eigenvalue weighted by atomic mass is 10.2. The van der Waals surface area contributed by atoms with Crippen molar-refractivity contribution in [3.05, 3.63) is 84.3 Å². The number of anilines is 2. The second-order valence-electron chi connectivity index (χ2n) is 7.15. The molecular formula is C24H20FN5O4. The fraction of sp³-hybridized carbons (Fsp3) is 0.125. The predicted molar refractivity (Wildman–Crippen MR) is 122 cm³/mol. The Hall–Kier alpha value is -4.60. The first kappa shape index (κ1) is 22.6. The number of halogens is 1. The molecule has 0 unspecified atom stereocenters. The highest BCUT2D eigenvalue weighted by Gasteiger charge is 2.15. The number of aryl methyl sites for hydroxylation is 1. The number of methoxy groups -OCH3 is 1. The van der Waals surface area contributed by atoms with Crippen molar-refractivity contribution in [2.24, 2.45) is 0 Å². The van der Waals surface area contributed by atoms with Gasteiger partial charge in [0.05, 0.1) is 18.5 Å². The molecule has 0 saturated carbocycles. The van der Waals surface area contributed by atoms with Crippen molar-refractivity contribution in [3.63, 3.8) is 0 Å². The van der Waals surface area contributed by atoms with Gasteiger partial charge < -0.3 is 19.9 Å². The van der Waals surface area contributed by atoms with Crippen molar-refractivity contribution in [1.29, 1.82) is 0 Å². The van der Waals surface area contributed by atoms with E-state index in [9.17, 15) is 14.0 Å². The summed E-state index contributed by atoms with van der Waals surface area (Å²) in [6.07, 6.45) is 1.67. The molecule has 0 aliphatic carbocycles. The van der Waals surface area contributed by atoms with Crippen LogP contribution in [0.5, 0.6) is 5.75 Å². The predicted octanol–water partition coefficient (Wildman–Crippen LogP) is 4.10. The minimum absolute atomic E-state index is 0.00832. The van der Waals surface area contributed by atoms with E-state index in [2.05, 4.69) is 25.8 Å². The normalized spacial score (nSPS) is 10.5. The van der Waals surface area contributed by atoms with E-state index in [4.69, 9.17) is 9.26 Å². The number of amides is 2. The number of hydrogen-bond acceptors (Lipinski definition) is 7. The number of carbonyl (C=O) groups is 2. The molecule has 10 heteroatoms. The van der Waals surface area contributed by atoms with Crippen LogP contribution in [0.2, 0.25) is 0 Å². The van der Waals surface area contributed by atoms with Crippen LogP contribution in [0.25, 0.3) is 11.4 Å². The maximum absolute atomic E-state index is 13.8. The summed E-state index contributed by atoms with van der Waals surface area (Å²) in [6.45, 7) is 0. The van der Waals surface area contributed by atoms with E-state index in [1.54, 1.807) is 49.6 Å². The molecule has 2 aromatic carbocycles. The molecule has 2 N–H and O–H groups in total. The van der Waals surface area contributed by atoms with Crippen LogP contribution in [-0.2, 0) is 11.2 Å². The van der Waals surface area contributed by atoms with E-state index < -0.39 is 17.6 Å². The van der Waals surface area contributed by atoms with Crippen LogP contribution in [0.1, 0.15) is 22.8 Å². The fourth-order valence-corrected chi connectivity index (χ4v) is 3.06. The average Bonchev–Trinajstić information content (AvgIpc) is 3.34. The highest BCUT2D eigenvalue weighted by molar-refractivity contribution is 6.06. The molecule has 0 aliphatic rings. The van der Waals surface area contributed by atoms with Gasteiger partial charge in [-0.3, -0.25) is 14.6 Å². The Morgan fingerprint density at radius 1 is 1.03 bits per heavy atom. The van der Waals surface area contributed by atoms with Crippen LogP contribution >= 0.6 is 0 Å². The lowest BCUT2D eigenvalue weighted by Gasteiger charge is -2.12. The number of rotatable bonds is 8. The molecule has 0 spiro atoms. The third kappa shape index (κ3) is 5.60. The van der Waals surface area contributed by atoms with Gasteiger partial charge in [-0.05, 0) is 54.6 Å². The van der Waals surface area contributed by atoms with Gasteiger partial charge in [-0.2, -0.15) is 4.98 Å². The van der Waals surface area contributed by atoms with Crippen LogP contribution in [0.15, 0.2) is 71.4 Å². The van der Waals surface area contributed by atoms with E-state index in [0.29, 0.717) is 11.6 Å². The van der Waals surface area contributed by atoms with Crippen LogP contribution in [0.4, 0.5) is 15.8 Å². The van der Waals surface area contributed by atoms with Gasteiger partial charge in [-0.15, -0.1) is 0 Å². The highest BCUT2D eigenvalue weighted by atomic mass is 19.1. The first-order valence-corrected chi connectivity index (χ1v) is 10.3. The Balaban J connectivity index is 1.38. The molecule has 0 fully saturated rings.